The summed E-state index contributed by atoms with van der Waals surface area (Å²) in [7, 11) is 0. The van der Waals surface area contributed by atoms with Crippen LogP contribution in [0, 0.1) is 55.4 Å². The molecular weight excluding hydrogens is 1340 g/mol. The fourth-order valence-corrected chi connectivity index (χ4v) is 10.3. The minimum Gasteiger partial charge on any atom is -0.444 e. The number of carbonyl (C=O) groups is 2. The molecule has 2 amide bonds. The second kappa shape index (κ2) is 40.9. The van der Waals surface area contributed by atoms with Crippen molar-refractivity contribution < 1.29 is 19.1 Å². The number of hydrogen-bond acceptors (Lipinski definition) is 16. The normalized spacial score (nSPS) is 13.4. The van der Waals surface area contributed by atoms with E-state index in [4.69, 9.17) is 83.2 Å². The van der Waals surface area contributed by atoms with Gasteiger partial charge in [0, 0.05) is 101 Å². The van der Waals surface area contributed by atoms with Gasteiger partial charge in [-0.3, -0.25) is 0 Å². The number of rotatable bonds is 8. The summed E-state index contributed by atoms with van der Waals surface area (Å²) >= 11 is 26.5. The van der Waals surface area contributed by atoms with E-state index in [1.165, 1.54) is 27.8 Å². The molecule has 18 nitrogen and oxygen atoms in total. The standard InChI is InChI=1S/C22H30N4O2.C17H22N4.C13H13ClN2.C9H18N2O2.C7H9N.C6H5Cl2N.CH2Cl2/c1-16-6-8-18(9-7-16)23-19-14-17(2)15-20(24-19)25-10-12-26(13-11-25)21(27)28-22(3,4)5;1-13-3-5-15(6-4-13)19-16-11-14(2)12-17(20-16)21-9-7-18-8-10-21;1-9-3-5-11(6-4-9)15-13-8-10(2)7-12(14)16-13;1-9(2,3)13-8(12)11-6-4-10-5-7-11;1-6-2-4-7(8)5-3-6;1-4-2-5(7)9-6(8)3-4;2-1-3/h6-9,14-15H,10-13H2,1-5H3,(H,23,24);3-6,11-12,18H,7-10H2,1-2H3,(H,19,20);3-8H,1-2H3,(H,15,16);10H,4-7H2,1-3H3;2-5H,8H2,1H3;2-3H,1H3;1H2. The first-order chi connectivity index (χ1) is 46.4. The molecule has 8 aromatic rings. The van der Waals surface area contributed by atoms with Crippen LogP contribution >= 0.6 is 58.0 Å². The van der Waals surface area contributed by atoms with E-state index in [0.29, 0.717) is 28.5 Å². The van der Waals surface area contributed by atoms with Gasteiger partial charge in [0.2, 0.25) is 0 Å². The molecule has 0 saturated carbocycles. The number of ether oxygens (including phenoxy) is 2. The number of benzene rings is 4. The van der Waals surface area contributed by atoms with E-state index in [1.54, 1.807) is 21.9 Å². The Morgan fingerprint density at radius 1 is 0.408 bits per heavy atom. The number of pyridine rings is 4. The largest absolute Gasteiger partial charge is 0.444 e. The number of nitrogens with two attached hydrogens (primary N) is 1. The third kappa shape index (κ3) is 32.2. The number of alkyl halides is 2. The van der Waals surface area contributed by atoms with Crippen molar-refractivity contribution in [2.75, 3.05) is 115 Å². The monoisotopic (exact) mass is 1430 g/mol. The van der Waals surface area contributed by atoms with Gasteiger partial charge in [0.25, 0.3) is 0 Å². The van der Waals surface area contributed by atoms with Crippen LogP contribution in [0.5, 0.6) is 0 Å². The average molecular weight is 1440 g/mol. The van der Waals surface area contributed by atoms with E-state index in [1.807, 2.05) is 117 Å². The van der Waals surface area contributed by atoms with Gasteiger partial charge in [-0.25, -0.2) is 29.5 Å². The fourth-order valence-electron chi connectivity index (χ4n) is 9.46. The highest BCUT2D eigenvalue weighted by atomic mass is 35.5. The summed E-state index contributed by atoms with van der Waals surface area (Å²) in [6.07, 6.45) is -0.444. The summed E-state index contributed by atoms with van der Waals surface area (Å²) in [5.41, 5.74) is 18.0. The molecule has 0 unspecified atom stereocenters. The number of aryl methyl sites for hydroxylation is 8. The summed E-state index contributed by atoms with van der Waals surface area (Å²) in [6, 6.07) is 48.3. The first-order valence-corrected chi connectivity index (χ1v) is 34.8. The molecule has 4 aromatic heterocycles. The molecule has 7 N–H and O–H groups in total. The van der Waals surface area contributed by atoms with Crippen molar-refractivity contribution in [1.29, 1.82) is 0 Å². The lowest BCUT2D eigenvalue weighted by Gasteiger charge is -2.36. The molecule has 0 radical (unpaired) electrons. The predicted octanol–water partition coefficient (Wildman–Crippen LogP) is 18.0. The van der Waals surface area contributed by atoms with Crippen LogP contribution in [0.3, 0.4) is 0 Å². The molecular formula is C75H99Cl5N14O4. The molecule has 0 aliphatic carbocycles. The Morgan fingerprint density at radius 2 is 0.694 bits per heavy atom. The van der Waals surface area contributed by atoms with Crippen LogP contribution in [0.15, 0.2) is 146 Å². The molecule has 11 rings (SSSR count). The Bertz CT molecular complexity index is 3600. The summed E-state index contributed by atoms with van der Waals surface area (Å²) < 4.78 is 10.7. The van der Waals surface area contributed by atoms with Crippen LogP contribution in [-0.4, -0.2) is 137 Å². The molecule has 7 heterocycles. The van der Waals surface area contributed by atoms with E-state index in [-0.39, 0.29) is 23.1 Å². The zero-order valence-electron chi connectivity index (χ0n) is 59.2. The van der Waals surface area contributed by atoms with Crippen molar-refractivity contribution in [2.24, 2.45) is 0 Å². The van der Waals surface area contributed by atoms with Crippen molar-refractivity contribution in [2.45, 2.75) is 108 Å². The van der Waals surface area contributed by atoms with Gasteiger partial charge in [0.05, 0.1) is 5.34 Å². The number of nitrogens with zero attached hydrogens (tertiary/aromatic N) is 8. The Morgan fingerprint density at radius 3 is 1.02 bits per heavy atom. The van der Waals surface area contributed by atoms with Crippen LogP contribution in [0.25, 0.3) is 0 Å². The first kappa shape index (κ1) is 80.9. The molecule has 528 valence electrons. The SMILES string of the molecule is CC(C)(C)OC(=O)N1CCNCC1.Cc1cc(Cl)nc(Cl)c1.Cc1ccc(N)cc1.Cc1ccc(Nc2cc(C)cc(Cl)n2)cc1.Cc1ccc(Nc2cc(C)cc(N3CCN(C(=O)OC(C)(C)C)CC3)n2)cc1.Cc1ccc(Nc2cc(C)cc(N3CCNCC3)n2)cc1.ClCCl. The number of anilines is 9. The Labute approximate surface area is 606 Å². The smallest absolute Gasteiger partial charge is 0.410 e. The van der Waals surface area contributed by atoms with E-state index in [0.717, 1.165) is 134 Å². The molecule has 3 saturated heterocycles. The van der Waals surface area contributed by atoms with Gasteiger partial charge >= 0.3 is 12.2 Å². The average Bonchev–Trinajstić information content (AvgIpc) is 0.906. The van der Waals surface area contributed by atoms with Crippen molar-refractivity contribution in [1.82, 2.24) is 40.4 Å². The first-order valence-electron chi connectivity index (χ1n) is 32.6. The second-order valence-electron chi connectivity index (χ2n) is 25.8. The lowest BCUT2D eigenvalue weighted by Crippen LogP contribution is -2.50. The molecule has 3 fully saturated rings. The van der Waals surface area contributed by atoms with Crippen molar-refractivity contribution in [3.63, 3.8) is 0 Å². The molecule has 98 heavy (non-hydrogen) atoms. The van der Waals surface area contributed by atoms with Crippen LogP contribution in [-0.2, 0) is 9.47 Å². The van der Waals surface area contributed by atoms with E-state index >= 15 is 0 Å². The highest BCUT2D eigenvalue weighted by molar-refractivity contribution is 6.40. The van der Waals surface area contributed by atoms with Gasteiger partial charge in [-0.15, -0.1) is 23.2 Å². The molecule has 0 bridgehead atoms. The topological polar surface area (TPSA) is 203 Å². The maximum Gasteiger partial charge on any atom is 0.410 e. The minimum atomic E-state index is -0.469. The second-order valence-corrected chi connectivity index (χ2v) is 27.8. The third-order valence-electron chi connectivity index (χ3n) is 14.3. The van der Waals surface area contributed by atoms with E-state index < -0.39 is 5.60 Å². The molecule has 0 atom stereocenters. The fraction of sp³-hybridized carbons (Fsp3) is 0.387. The van der Waals surface area contributed by atoms with Crippen molar-refractivity contribution in [3.8, 4) is 0 Å². The highest BCUT2D eigenvalue weighted by Gasteiger charge is 2.27. The van der Waals surface area contributed by atoms with Gasteiger partial charge in [0.15, 0.2) is 0 Å². The maximum atomic E-state index is 12.3. The van der Waals surface area contributed by atoms with E-state index in [9.17, 15) is 9.59 Å². The lowest BCUT2D eigenvalue weighted by molar-refractivity contribution is 0.0223. The van der Waals surface area contributed by atoms with E-state index in [2.05, 4.69) is 160 Å². The molecule has 4 aromatic carbocycles. The lowest BCUT2D eigenvalue weighted by atomic mass is 10.2. The number of piperazine rings is 3. The number of halogens is 5. The Hall–Kier alpha value is -7.81. The van der Waals surface area contributed by atoms with Crippen molar-refractivity contribution in [3.05, 3.63) is 206 Å². The zero-order valence-corrected chi connectivity index (χ0v) is 63.0. The number of aromatic nitrogens is 4. The Balaban J connectivity index is 0.000000221. The summed E-state index contributed by atoms with van der Waals surface area (Å²) in [4.78, 5) is 49.3. The predicted molar refractivity (Wildman–Crippen MR) is 412 cm³/mol. The van der Waals surface area contributed by atoms with Gasteiger partial charge in [-0.1, -0.05) is 106 Å². The van der Waals surface area contributed by atoms with Crippen LogP contribution in [0.1, 0.15) is 86.1 Å². The molecule has 3 aliphatic heterocycles. The molecule has 23 heteroatoms. The van der Waals surface area contributed by atoms with Crippen molar-refractivity contribution >= 4 is 122 Å². The zero-order chi connectivity index (χ0) is 72.0. The summed E-state index contributed by atoms with van der Waals surface area (Å²) in [5, 5.41) is 18.1. The van der Waals surface area contributed by atoms with Gasteiger partial charge in [0.1, 0.15) is 55.8 Å². The number of hydrogen-bond donors (Lipinski definition) is 6. The Kier molecular flexibility index (Phi) is 33.8. The molecule has 3 aliphatic rings. The number of nitrogen functional groups attached to an aromatic ring is 1. The molecule has 0 spiro atoms. The van der Waals surface area contributed by atoms with Crippen LogP contribution in [0.2, 0.25) is 15.5 Å². The van der Waals surface area contributed by atoms with Gasteiger partial charge in [-0.2, -0.15) is 0 Å². The number of amides is 2. The number of nitrogens with one attached hydrogen (secondary N) is 5. The summed E-state index contributed by atoms with van der Waals surface area (Å²) in [6.45, 7) is 37.7. The van der Waals surface area contributed by atoms with Gasteiger partial charge < -0.3 is 61.4 Å². The number of carbonyl (C=O) groups excluding carboxylic acids is 2. The van der Waals surface area contributed by atoms with Crippen LogP contribution < -0.4 is 42.1 Å². The third-order valence-corrected chi connectivity index (χ3v) is 14.9. The maximum absolute atomic E-state index is 12.3. The van der Waals surface area contributed by atoms with Gasteiger partial charge in [-0.05, 0) is 216 Å². The quantitative estimate of drug-likeness (QED) is 0.0476. The van der Waals surface area contributed by atoms with Crippen LogP contribution in [0.4, 0.5) is 61.4 Å². The summed E-state index contributed by atoms with van der Waals surface area (Å²) in [5.74, 6) is 4.50. The highest BCUT2D eigenvalue weighted by Crippen LogP contribution is 2.26. The minimum absolute atomic E-state index is 0.194.